The first-order chi connectivity index (χ1) is 16.6. The van der Waals surface area contributed by atoms with Crippen molar-refractivity contribution in [3.05, 3.63) is 0 Å². The molecular formula is C29H61N3O2. The number of carboxylic acid groups (broad SMARTS) is 1. The molecule has 7 N–H and O–H groups in total. The molecule has 0 saturated heterocycles. The SMILES string of the molecule is NCCCCCC(N)CCCCC(N)CCCCCCCCCCCCCCCCCC(=O)O. The van der Waals surface area contributed by atoms with Gasteiger partial charge in [-0.25, -0.2) is 0 Å². The molecule has 0 radical (unpaired) electrons. The molecule has 34 heavy (non-hydrogen) atoms. The summed E-state index contributed by atoms with van der Waals surface area (Å²) in [5.41, 5.74) is 18.0. The average molecular weight is 484 g/mol. The maximum Gasteiger partial charge on any atom is 0.303 e. The van der Waals surface area contributed by atoms with E-state index in [0.717, 1.165) is 45.1 Å². The van der Waals surface area contributed by atoms with Crippen molar-refractivity contribution < 1.29 is 9.90 Å². The highest BCUT2D eigenvalue weighted by Gasteiger charge is 2.05. The van der Waals surface area contributed by atoms with Crippen LogP contribution < -0.4 is 17.2 Å². The van der Waals surface area contributed by atoms with Crippen molar-refractivity contribution >= 4 is 5.97 Å². The summed E-state index contributed by atoms with van der Waals surface area (Å²) in [5.74, 6) is -0.660. The Bertz CT molecular complexity index is 420. The average Bonchev–Trinajstić information content (AvgIpc) is 2.81. The van der Waals surface area contributed by atoms with E-state index in [4.69, 9.17) is 22.3 Å². The van der Waals surface area contributed by atoms with Crippen LogP contribution in [0.5, 0.6) is 0 Å². The lowest BCUT2D eigenvalue weighted by atomic mass is 9.99. The third-order valence-corrected chi connectivity index (χ3v) is 7.14. The van der Waals surface area contributed by atoms with Crippen LogP contribution in [0.3, 0.4) is 0 Å². The molecule has 0 aromatic heterocycles. The molecule has 5 heteroatoms. The minimum Gasteiger partial charge on any atom is -0.481 e. The number of rotatable bonds is 28. The van der Waals surface area contributed by atoms with Gasteiger partial charge in [0.25, 0.3) is 0 Å². The van der Waals surface area contributed by atoms with E-state index >= 15 is 0 Å². The Morgan fingerprint density at radius 3 is 1.06 bits per heavy atom. The molecule has 0 bridgehead atoms. The van der Waals surface area contributed by atoms with Gasteiger partial charge < -0.3 is 22.3 Å². The molecule has 0 fully saturated rings. The van der Waals surface area contributed by atoms with E-state index in [9.17, 15) is 4.79 Å². The van der Waals surface area contributed by atoms with Crippen molar-refractivity contribution in [1.29, 1.82) is 0 Å². The summed E-state index contributed by atoms with van der Waals surface area (Å²) in [5, 5.41) is 8.61. The van der Waals surface area contributed by atoms with Gasteiger partial charge in [0, 0.05) is 18.5 Å². The molecule has 0 heterocycles. The minimum absolute atomic E-state index is 0.334. The third-order valence-electron chi connectivity index (χ3n) is 7.14. The zero-order valence-electron chi connectivity index (χ0n) is 22.6. The first-order valence-electron chi connectivity index (χ1n) is 15.0. The zero-order valence-corrected chi connectivity index (χ0v) is 22.6. The number of carbonyl (C=O) groups is 1. The molecule has 0 saturated carbocycles. The molecule has 0 aliphatic carbocycles. The van der Waals surface area contributed by atoms with Crippen LogP contribution in [-0.4, -0.2) is 29.7 Å². The second-order valence-electron chi connectivity index (χ2n) is 10.7. The van der Waals surface area contributed by atoms with Crippen LogP contribution >= 0.6 is 0 Å². The van der Waals surface area contributed by atoms with Crippen LogP contribution in [0.4, 0.5) is 0 Å². The van der Waals surface area contributed by atoms with Crippen molar-refractivity contribution in [2.75, 3.05) is 6.54 Å². The summed E-state index contributed by atoms with van der Waals surface area (Å²) in [4.78, 5) is 10.5. The Balaban J connectivity index is 3.21. The van der Waals surface area contributed by atoms with E-state index in [1.165, 1.54) is 116 Å². The largest absolute Gasteiger partial charge is 0.481 e. The van der Waals surface area contributed by atoms with Crippen LogP contribution in [-0.2, 0) is 4.79 Å². The highest BCUT2D eigenvalue weighted by Crippen LogP contribution is 2.15. The van der Waals surface area contributed by atoms with Crippen molar-refractivity contribution in [2.45, 2.75) is 173 Å². The van der Waals surface area contributed by atoms with Crippen molar-refractivity contribution in [3.8, 4) is 0 Å². The van der Waals surface area contributed by atoms with Gasteiger partial charge in [-0.1, -0.05) is 116 Å². The summed E-state index contributed by atoms with van der Waals surface area (Å²) in [7, 11) is 0. The molecule has 0 amide bonds. The van der Waals surface area contributed by atoms with E-state index in [-0.39, 0.29) is 0 Å². The molecule has 0 rings (SSSR count). The maximum absolute atomic E-state index is 10.5. The molecular weight excluding hydrogens is 422 g/mol. The number of unbranched alkanes of at least 4 members (excludes halogenated alkanes) is 17. The summed E-state index contributed by atoms with van der Waals surface area (Å²) in [6, 6.07) is 0.743. The molecule has 0 aromatic rings. The Morgan fingerprint density at radius 1 is 0.471 bits per heavy atom. The molecule has 2 atom stereocenters. The van der Waals surface area contributed by atoms with Crippen molar-refractivity contribution in [3.63, 3.8) is 0 Å². The fourth-order valence-corrected chi connectivity index (χ4v) is 4.81. The standard InChI is InChI=1S/C29H61N3O2/c30-26-20-14-16-22-28(32)24-19-18-23-27(31)21-15-12-10-8-6-4-2-1-3-5-7-9-11-13-17-25-29(33)34/h27-28H,1-26,30-32H2,(H,33,34). The van der Waals surface area contributed by atoms with Crippen LogP contribution in [0, 0.1) is 0 Å². The van der Waals surface area contributed by atoms with E-state index in [0.29, 0.717) is 18.5 Å². The number of hydrogen-bond donors (Lipinski definition) is 4. The van der Waals surface area contributed by atoms with Gasteiger partial charge in [0.05, 0.1) is 0 Å². The lowest BCUT2D eigenvalue weighted by Crippen LogP contribution is -2.21. The number of aliphatic carboxylic acids is 1. The Labute approximate surface area is 212 Å². The second kappa shape index (κ2) is 26.9. The Kier molecular flexibility index (Phi) is 26.4. The maximum atomic E-state index is 10.5. The lowest BCUT2D eigenvalue weighted by Gasteiger charge is -2.13. The first kappa shape index (κ1) is 33.4. The lowest BCUT2D eigenvalue weighted by molar-refractivity contribution is -0.137. The van der Waals surface area contributed by atoms with Gasteiger partial charge in [0.15, 0.2) is 0 Å². The van der Waals surface area contributed by atoms with Crippen LogP contribution in [0.25, 0.3) is 0 Å². The predicted octanol–water partition coefficient (Wildman–Crippen LogP) is 7.44. The van der Waals surface area contributed by atoms with E-state index in [1.54, 1.807) is 0 Å². The van der Waals surface area contributed by atoms with Crippen molar-refractivity contribution in [2.24, 2.45) is 17.2 Å². The van der Waals surface area contributed by atoms with E-state index < -0.39 is 5.97 Å². The zero-order chi connectivity index (χ0) is 25.1. The number of carboxylic acids is 1. The Morgan fingerprint density at radius 2 is 0.735 bits per heavy atom. The van der Waals surface area contributed by atoms with Gasteiger partial charge in [-0.3, -0.25) is 4.79 Å². The summed E-state index contributed by atoms with van der Waals surface area (Å²) in [6.45, 7) is 0.801. The topological polar surface area (TPSA) is 115 Å². The highest BCUT2D eigenvalue weighted by atomic mass is 16.4. The molecule has 2 unspecified atom stereocenters. The fraction of sp³-hybridized carbons (Fsp3) is 0.966. The normalized spacial score (nSPS) is 13.3. The first-order valence-corrected chi connectivity index (χ1v) is 15.0. The van der Waals surface area contributed by atoms with Gasteiger partial charge in [-0.2, -0.15) is 0 Å². The number of hydrogen-bond acceptors (Lipinski definition) is 4. The van der Waals surface area contributed by atoms with Crippen LogP contribution in [0.15, 0.2) is 0 Å². The van der Waals surface area contributed by atoms with Crippen LogP contribution in [0.1, 0.15) is 161 Å². The van der Waals surface area contributed by atoms with Gasteiger partial charge >= 0.3 is 5.97 Å². The molecule has 204 valence electrons. The molecule has 0 aromatic carbocycles. The van der Waals surface area contributed by atoms with Crippen molar-refractivity contribution in [1.82, 2.24) is 0 Å². The molecule has 0 spiro atoms. The van der Waals surface area contributed by atoms with E-state index in [1.807, 2.05) is 0 Å². The smallest absolute Gasteiger partial charge is 0.303 e. The number of nitrogens with two attached hydrogens (primary N) is 3. The van der Waals surface area contributed by atoms with Crippen LogP contribution in [0.2, 0.25) is 0 Å². The molecule has 0 aliphatic rings. The van der Waals surface area contributed by atoms with Gasteiger partial charge in [-0.05, 0) is 45.1 Å². The monoisotopic (exact) mass is 483 g/mol. The summed E-state index contributed by atoms with van der Waals surface area (Å²) < 4.78 is 0. The van der Waals surface area contributed by atoms with E-state index in [2.05, 4.69) is 0 Å². The fourth-order valence-electron chi connectivity index (χ4n) is 4.81. The Hall–Kier alpha value is -0.650. The highest BCUT2D eigenvalue weighted by molar-refractivity contribution is 5.66. The second-order valence-corrected chi connectivity index (χ2v) is 10.7. The third kappa shape index (κ3) is 27.6. The van der Waals surface area contributed by atoms with Gasteiger partial charge in [-0.15, -0.1) is 0 Å². The predicted molar refractivity (Wildman–Crippen MR) is 148 cm³/mol. The quantitative estimate of drug-likeness (QED) is 0.0863. The summed E-state index contributed by atoms with van der Waals surface area (Å²) in [6.07, 6.45) is 30.3. The van der Waals surface area contributed by atoms with Gasteiger partial charge in [0.2, 0.25) is 0 Å². The minimum atomic E-state index is -0.660. The molecule has 5 nitrogen and oxygen atoms in total. The van der Waals surface area contributed by atoms with Gasteiger partial charge in [0.1, 0.15) is 0 Å². The summed E-state index contributed by atoms with van der Waals surface area (Å²) >= 11 is 0. The molecule has 0 aliphatic heterocycles.